The molecule has 0 aromatic rings. The molecule has 0 aromatic heterocycles. The monoisotopic (exact) mass is 276 g/mol. The number of nitrogens with two attached hydrogens (primary N) is 1. The van der Waals surface area contributed by atoms with Gasteiger partial charge in [-0.05, 0) is 25.7 Å². The van der Waals surface area contributed by atoms with Crippen LogP contribution in [0.2, 0.25) is 0 Å². The van der Waals surface area contributed by atoms with E-state index in [4.69, 9.17) is 5.73 Å². The van der Waals surface area contributed by atoms with Crippen molar-refractivity contribution in [1.29, 1.82) is 0 Å². The molecular weight excluding hydrogens is 252 g/mol. The minimum atomic E-state index is -2.97. The van der Waals surface area contributed by atoms with Crippen molar-refractivity contribution in [1.82, 2.24) is 4.90 Å². The van der Waals surface area contributed by atoms with Crippen molar-refractivity contribution in [2.24, 2.45) is 11.7 Å². The smallest absolute Gasteiger partial charge is 0.239 e. The van der Waals surface area contributed by atoms with E-state index in [-0.39, 0.29) is 23.5 Å². The van der Waals surface area contributed by atoms with Gasteiger partial charge in [-0.25, -0.2) is 8.42 Å². The van der Waals surface area contributed by atoms with Crippen molar-refractivity contribution in [3.8, 4) is 0 Å². The molecule has 1 aliphatic heterocycles. The minimum Gasteiger partial charge on any atom is -0.338 e. The number of carbonyl (C=O) groups excluding carboxylic acids is 1. The van der Waals surface area contributed by atoms with Crippen LogP contribution in [0, 0.1) is 5.92 Å². The summed E-state index contributed by atoms with van der Waals surface area (Å²) in [5.74, 6) is 0.505. The fourth-order valence-corrected chi connectivity index (χ4v) is 4.17. The molecule has 1 amide bonds. The van der Waals surface area contributed by atoms with Crippen LogP contribution in [-0.2, 0) is 14.6 Å². The number of hydrogen-bond acceptors (Lipinski definition) is 4. The van der Waals surface area contributed by atoms with Crippen LogP contribution in [-0.4, -0.2) is 49.4 Å². The molecule has 6 heteroatoms. The minimum absolute atomic E-state index is 0.0843. The molecule has 0 radical (unpaired) electrons. The van der Waals surface area contributed by atoms with Gasteiger partial charge in [0.05, 0.1) is 17.5 Å². The average molecular weight is 276 g/mol. The van der Waals surface area contributed by atoms with Crippen molar-refractivity contribution in [3.05, 3.63) is 0 Å². The molecule has 0 aliphatic carbocycles. The topological polar surface area (TPSA) is 80.5 Å². The second-order valence-electron chi connectivity index (χ2n) is 5.42. The summed E-state index contributed by atoms with van der Waals surface area (Å²) >= 11 is 0. The standard InChI is InChI=1S/C12H24N2O3S/c1-4-14(10-5-6-18(16,17)8-10)12(15)11(13)7-9(2)3/h9-11H,4-8,13H2,1-3H3. The van der Waals surface area contributed by atoms with Gasteiger partial charge in [-0.3, -0.25) is 4.79 Å². The van der Waals surface area contributed by atoms with E-state index in [1.165, 1.54) is 0 Å². The van der Waals surface area contributed by atoms with E-state index in [1.807, 2.05) is 20.8 Å². The highest BCUT2D eigenvalue weighted by molar-refractivity contribution is 7.91. The maximum absolute atomic E-state index is 12.2. The highest BCUT2D eigenvalue weighted by Gasteiger charge is 2.35. The Morgan fingerprint density at radius 2 is 2.06 bits per heavy atom. The lowest BCUT2D eigenvalue weighted by Gasteiger charge is -2.30. The summed E-state index contributed by atoms with van der Waals surface area (Å²) in [4.78, 5) is 13.9. The molecule has 1 rings (SSSR count). The Bertz CT molecular complexity index is 392. The van der Waals surface area contributed by atoms with Crippen molar-refractivity contribution < 1.29 is 13.2 Å². The first-order chi connectivity index (χ1) is 8.26. The third-order valence-corrected chi connectivity index (χ3v) is 5.07. The Hall–Kier alpha value is -0.620. The summed E-state index contributed by atoms with van der Waals surface area (Å²) in [7, 11) is -2.97. The van der Waals surface area contributed by atoms with Gasteiger partial charge in [0, 0.05) is 12.6 Å². The Morgan fingerprint density at radius 1 is 1.44 bits per heavy atom. The van der Waals surface area contributed by atoms with Gasteiger partial charge in [-0.2, -0.15) is 0 Å². The van der Waals surface area contributed by atoms with E-state index >= 15 is 0 Å². The highest BCUT2D eigenvalue weighted by atomic mass is 32.2. The van der Waals surface area contributed by atoms with Gasteiger partial charge in [0.1, 0.15) is 0 Å². The Kier molecular flexibility index (Phi) is 5.16. The van der Waals surface area contributed by atoms with Gasteiger partial charge in [0.15, 0.2) is 9.84 Å². The van der Waals surface area contributed by atoms with Crippen molar-refractivity contribution in [2.45, 2.75) is 45.7 Å². The zero-order valence-corrected chi connectivity index (χ0v) is 12.2. The summed E-state index contributed by atoms with van der Waals surface area (Å²) in [5, 5.41) is 0. The second kappa shape index (κ2) is 6.02. The fourth-order valence-electron chi connectivity index (χ4n) is 2.44. The van der Waals surface area contributed by atoms with Gasteiger partial charge < -0.3 is 10.6 Å². The predicted molar refractivity (Wildman–Crippen MR) is 71.9 cm³/mol. The summed E-state index contributed by atoms with van der Waals surface area (Å²) in [6.45, 7) is 6.42. The van der Waals surface area contributed by atoms with Crippen LogP contribution in [0.1, 0.15) is 33.6 Å². The van der Waals surface area contributed by atoms with Crippen LogP contribution in [0.3, 0.4) is 0 Å². The normalized spacial score (nSPS) is 24.2. The van der Waals surface area contributed by atoms with Crippen LogP contribution < -0.4 is 5.73 Å². The summed E-state index contributed by atoms with van der Waals surface area (Å²) in [5.41, 5.74) is 5.89. The summed E-state index contributed by atoms with van der Waals surface area (Å²) < 4.78 is 22.9. The highest BCUT2D eigenvalue weighted by Crippen LogP contribution is 2.19. The van der Waals surface area contributed by atoms with Crippen LogP contribution >= 0.6 is 0 Å². The zero-order chi connectivity index (χ0) is 13.9. The summed E-state index contributed by atoms with van der Waals surface area (Å²) in [6.07, 6.45) is 1.17. The number of nitrogens with zero attached hydrogens (tertiary/aromatic N) is 1. The molecule has 2 N–H and O–H groups in total. The SMILES string of the molecule is CCN(C(=O)C(N)CC(C)C)C1CCS(=O)(=O)C1. The molecule has 2 unspecified atom stereocenters. The van der Waals surface area contributed by atoms with E-state index < -0.39 is 15.9 Å². The third-order valence-electron chi connectivity index (χ3n) is 3.32. The number of amides is 1. The van der Waals surface area contributed by atoms with Gasteiger partial charge >= 0.3 is 0 Å². The molecule has 18 heavy (non-hydrogen) atoms. The lowest BCUT2D eigenvalue weighted by atomic mass is 10.0. The molecule has 1 heterocycles. The van der Waals surface area contributed by atoms with E-state index in [0.29, 0.717) is 25.3 Å². The third kappa shape index (κ3) is 3.95. The molecule has 1 saturated heterocycles. The first-order valence-corrected chi connectivity index (χ1v) is 8.35. The largest absolute Gasteiger partial charge is 0.338 e. The predicted octanol–water partition coefficient (Wildman–Crippen LogP) is 0.395. The molecular formula is C12H24N2O3S. The van der Waals surface area contributed by atoms with Crippen LogP contribution in [0.15, 0.2) is 0 Å². The summed E-state index contributed by atoms with van der Waals surface area (Å²) in [6, 6.07) is -0.709. The van der Waals surface area contributed by atoms with Gasteiger partial charge in [0.25, 0.3) is 0 Å². The van der Waals surface area contributed by atoms with Crippen molar-refractivity contribution in [2.75, 3.05) is 18.1 Å². The van der Waals surface area contributed by atoms with Crippen LogP contribution in [0.4, 0.5) is 0 Å². The molecule has 106 valence electrons. The van der Waals surface area contributed by atoms with Crippen LogP contribution in [0.5, 0.6) is 0 Å². The van der Waals surface area contributed by atoms with Crippen LogP contribution in [0.25, 0.3) is 0 Å². The first-order valence-electron chi connectivity index (χ1n) is 6.53. The maximum atomic E-state index is 12.2. The molecule has 0 spiro atoms. The van der Waals surface area contributed by atoms with E-state index in [2.05, 4.69) is 0 Å². The second-order valence-corrected chi connectivity index (χ2v) is 7.65. The zero-order valence-electron chi connectivity index (χ0n) is 11.4. The average Bonchev–Trinajstić information content (AvgIpc) is 2.58. The van der Waals surface area contributed by atoms with Crippen molar-refractivity contribution >= 4 is 15.7 Å². The molecule has 0 aromatic carbocycles. The Balaban J connectivity index is 2.69. The maximum Gasteiger partial charge on any atom is 0.239 e. The van der Waals surface area contributed by atoms with E-state index in [1.54, 1.807) is 4.90 Å². The molecule has 2 atom stereocenters. The Morgan fingerprint density at radius 3 is 2.44 bits per heavy atom. The molecule has 5 nitrogen and oxygen atoms in total. The number of likely N-dealkylation sites (N-methyl/N-ethyl adjacent to an activating group) is 1. The number of carbonyl (C=O) groups is 1. The van der Waals surface area contributed by atoms with E-state index in [0.717, 1.165) is 0 Å². The quantitative estimate of drug-likeness (QED) is 0.788. The van der Waals surface area contributed by atoms with E-state index in [9.17, 15) is 13.2 Å². The number of sulfone groups is 1. The molecule has 1 fully saturated rings. The van der Waals surface area contributed by atoms with Crippen molar-refractivity contribution in [3.63, 3.8) is 0 Å². The number of hydrogen-bond donors (Lipinski definition) is 1. The Labute approximate surface area is 110 Å². The first kappa shape index (κ1) is 15.4. The lowest BCUT2D eigenvalue weighted by Crippen LogP contribution is -2.49. The lowest BCUT2D eigenvalue weighted by molar-refractivity contribution is -0.134. The fraction of sp³-hybridized carbons (Fsp3) is 0.917. The van der Waals surface area contributed by atoms with Gasteiger partial charge in [-0.15, -0.1) is 0 Å². The van der Waals surface area contributed by atoms with Gasteiger partial charge in [-0.1, -0.05) is 13.8 Å². The number of rotatable bonds is 5. The molecule has 0 bridgehead atoms. The van der Waals surface area contributed by atoms with Gasteiger partial charge in [0.2, 0.25) is 5.91 Å². The molecule has 1 aliphatic rings. The molecule has 0 saturated carbocycles.